The predicted octanol–water partition coefficient (Wildman–Crippen LogP) is 2.28. The summed E-state index contributed by atoms with van der Waals surface area (Å²) in [5, 5.41) is 13.7. The third-order valence-electron chi connectivity index (χ3n) is 3.48. The second-order valence-corrected chi connectivity index (χ2v) is 4.65. The van der Waals surface area contributed by atoms with Crippen LogP contribution in [0.4, 0.5) is 0 Å². The van der Waals surface area contributed by atoms with Gasteiger partial charge >= 0.3 is 0 Å². The molecular formula is C14H21NO. The van der Waals surface area contributed by atoms with Crippen molar-refractivity contribution < 1.29 is 5.11 Å². The van der Waals surface area contributed by atoms with Gasteiger partial charge in [-0.1, -0.05) is 31.2 Å². The lowest BCUT2D eigenvalue weighted by atomic mass is 9.89. The van der Waals surface area contributed by atoms with Crippen molar-refractivity contribution in [1.82, 2.24) is 5.32 Å². The lowest BCUT2D eigenvalue weighted by Gasteiger charge is -2.27. The molecule has 2 rings (SSSR count). The molecule has 1 saturated heterocycles. The lowest BCUT2D eigenvalue weighted by Crippen LogP contribution is -2.33. The molecule has 0 spiro atoms. The quantitative estimate of drug-likeness (QED) is 0.817. The van der Waals surface area contributed by atoms with Crippen LogP contribution in [0.15, 0.2) is 24.3 Å². The molecule has 0 saturated carbocycles. The number of benzene rings is 1. The van der Waals surface area contributed by atoms with Gasteiger partial charge in [0, 0.05) is 12.5 Å². The molecule has 2 atom stereocenters. The van der Waals surface area contributed by atoms with Gasteiger partial charge in [0.2, 0.25) is 0 Å². The number of nitrogens with one attached hydrogen (secondary N) is 1. The van der Waals surface area contributed by atoms with Crippen molar-refractivity contribution in [1.29, 1.82) is 0 Å². The summed E-state index contributed by atoms with van der Waals surface area (Å²) in [5.74, 6) is 0.376. The van der Waals surface area contributed by atoms with Crippen LogP contribution >= 0.6 is 0 Å². The molecular weight excluding hydrogens is 198 g/mol. The van der Waals surface area contributed by atoms with Gasteiger partial charge in [-0.25, -0.2) is 0 Å². The summed E-state index contributed by atoms with van der Waals surface area (Å²) >= 11 is 0. The van der Waals surface area contributed by atoms with Gasteiger partial charge in [-0.05, 0) is 36.9 Å². The Hall–Kier alpha value is -0.860. The Labute approximate surface area is 97.7 Å². The molecule has 1 aliphatic rings. The van der Waals surface area contributed by atoms with Crippen LogP contribution in [0.1, 0.15) is 37.0 Å². The van der Waals surface area contributed by atoms with E-state index in [1.54, 1.807) is 0 Å². The summed E-state index contributed by atoms with van der Waals surface area (Å²) in [6.45, 7) is 4.18. The topological polar surface area (TPSA) is 32.3 Å². The van der Waals surface area contributed by atoms with E-state index in [9.17, 15) is 5.11 Å². The molecule has 2 unspecified atom stereocenters. The zero-order valence-electron chi connectivity index (χ0n) is 9.95. The molecule has 0 aromatic heterocycles. The smallest absolute Gasteiger partial charge is 0.0830 e. The zero-order valence-corrected chi connectivity index (χ0v) is 9.95. The number of aliphatic hydroxyl groups is 1. The van der Waals surface area contributed by atoms with Gasteiger partial charge in [-0.2, -0.15) is 0 Å². The Kier molecular flexibility index (Phi) is 3.97. The Balaban J connectivity index is 2.09. The van der Waals surface area contributed by atoms with E-state index in [0.717, 1.165) is 31.5 Å². The average Bonchev–Trinajstić information content (AvgIpc) is 2.39. The first-order chi connectivity index (χ1) is 7.81. The van der Waals surface area contributed by atoms with Crippen LogP contribution in [0.5, 0.6) is 0 Å². The van der Waals surface area contributed by atoms with E-state index in [0.29, 0.717) is 5.92 Å². The number of piperidine rings is 1. The van der Waals surface area contributed by atoms with Gasteiger partial charge in [-0.15, -0.1) is 0 Å². The number of hydrogen-bond donors (Lipinski definition) is 2. The van der Waals surface area contributed by atoms with Crippen molar-refractivity contribution in [2.75, 3.05) is 13.1 Å². The zero-order chi connectivity index (χ0) is 11.4. The molecule has 0 amide bonds. The Morgan fingerprint density at radius 1 is 1.50 bits per heavy atom. The third kappa shape index (κ3) is 2.63. The Bertz CT molecular complexity index is 331. The van der Waals surface area contributed by atoms with Crippen molar-refractivity contribution in [3.05, 3.63) is 35.4 Å². The number of hydrogen-bond acceptors (Lipinski definition) is 2. The van der Waals surface area contributed by atoms with E-state index in [4.69, 9.17) is 0 Å². The molecule has 1 aromatic rings. The van der Waals surface area contributed by atoms with Gasteiger partial charge in [0.1, 0.15) is 0 Å². The summed E-state index contributed by atoms with van der Waals surface area (Å²) in [7, 11) is 0. The second kappa shape index (κ2) is 5.46. The molecule has 1 heterocycles. The highest BCUT2D eigenvalue weighted by Gasteiger charge is 2.22. The molecule has 0 radical (unpaired) electrons. The van der Waals surface area contributed by atoms with Crippen molar-refractivity contribution >= 4 is 0 Å². The summed E-state index contributed by atoms with van der Waals surface area (Å²) in [5.41, 5.74) is 2.38. The molecule has 0 aliphatic carbocycles. The Morgan fingerprint density at radius 2 is 2.38 bits per heavy atom. The standard InChI is InChI=1S/C14H21NO/c1-2-11-5-3-6-12(9-11)14(16)13-7-4-8-15-10-13/h3,5-6,9,13-16H,2,4,7-8,10H2,1H3. The summed E-state index contributed by atoms with van der Waals surface area (Å²) < 4.78 is 0. The largest absolute Gasteiger partial charge is 0.388 e. The first-order valence-electron chi connectivity index (χ1n) is 6.29. The van der Waals surface area contributed by atoms with Crippen LogP contribution in [-0.2, 0) is 6.42 Å². The minimum Gasteiger partial charge on any atom is -0.388 e. The lowest BCUT2D eigenvalue weighted by molar-refractivity contribution is 0.0921. The summed E-state index contributed by atoms with van der Waals surface area (Å²) in [6, 6.07) is 8.35. The fourth-order valence-electron chi connectivity index (χ4n) is 2.42. The maximum absolute atomic E-state index is 10.3. The van der Waals surface area contributed by atoms with Crippen LogP contribution in [0.25, 0.3) is 0 Å². The molecule has 0 bridgehead atoms. The van der Waals surface area contributed by atoms with E-state index >= 15 is 0 Å². The summed E-state index contributed by atoms with van der Waals surface area (Å²) in [4.78, 5) is 0. The van der Waals surface area contributed by atoms with Gasteiger partial charge < -0.3 is 10.4 Å². The first kappa shape index (κ1) is 11.6. The average molecular weight is 219 g/mol. The van der Waals surface area contributed by atoms with Crippen LogP contribution in [0, 0.1) is 5.92 Å². The minimum absolute atomic E-state index is 0.306. The van der Waals surface area contributed by atoms with E-state index in [-0.39, 0.29) is 6.10 Å². The van der Waals surface area contributed by atoms with E-state index in [1.165, 1.54) is 12.0 Å². The van der Waals surface area contributed by atoms with Crippen LogP contribution in [0.3, 0.4) is 0 Å². The van der Waals surface area contributed by atoms with Crippen LogP contribution in [-0.4, -0.2) is 18.2 Å². The number of aliphatic hydroxyl groups excluding tert-OH is 1. The van der Waals surface area contributed by atoms with Gasteiger partial charge in [0.25, 0.3) is 0 Å². The van der Waals surface area contributed by atoms with E-state index in [2.05, 4.69) is 24.4 Å². The molecule has 1 aromatic carbocycles. The molecule has 2 heteroatoms. The first-order valence-corrected chi connectivity index (χ1v) is 6.29. The fraction of sp³-hybridized carbons (Fsp3) is 0.571. The summed E-state index contributed by atoms with van der Waals surface area (Å²) in [6.07, 6.45) is 3.03. The number of aryl methyl sites for hydroxylation is 1. The maximum Gasteiger partial charge on any atom is 0.0830 e. The van der Waals surface area contributed by atoms with E-state index in [1.807, 2.05) is 12.1 Å². The maximum atomic E-state index is 10.3. The highest BCUT2D eigenvalue weighted by Crippen LogP contribution is 2.27. The molecule has 1 fully saturated rings. The highest BCUT2D eigenvalue weighted by atomic mass is 16.3. The van der Waals surface area contributed by atoms with Gasteiger partial charge in [-0.3, -0.25) is 0 Å². The molecule has 1 aliphatic heterocycles. The third-order valence-corrected chi connectivity index (χ3v) is 3.48. The molecule has 88 valence electrons. The molecule has 16 heavy (non-hydrogen) atoms. The minimum atomic E-state index is -0.306. The number of rotatable bonds is 3. The second-order valence-electron chi connectivity index (χ2n) is 4.65. The van der Waals surface area contributed by atoms with Crippen LogP contribution < -0.4 is 5.32 Å². The SMILES string of the molecule is CCc1cccc(C(O)C2CCCNC2)c1. The normalized spacial score (nSPS) is 23.0. The fourth-order valence-corrected chi connectivity index (χ4v) is 2.42. The molecule has 2 N–H and O–H groups in total. The van der Waals surface area contributed by atoms with Gasteiger partial charge in [0.05, 0.1) is 6.10 Å². The van der Waals surface area contributed by atoms with Crippen molar-refractivity contribution in [3.8, 4) is 0 Å². The van der Waals surface area contributed by atoms with Gasteiger partial charge in [0.15, 0.2) is 0 Å². The Morgan fingerprint density at radius 3 is 3.06 bits per heavy atom. The monoisotopic (exact) mass is 219 g/mol. The van der Waals surface area contributed by atoms with Crippen molar-refractivity contribution in [3.63, 3.8) is 0 Å². The van der Waals surface area contributed by atoms with Crippen LogP contribution in [0.2, 0.25) is 0 Å². The molecule has 2 nitrogen and oxygen atoms in total. The van der Waals surface area contributed by atoms with Crippen molar-refractivity contribution in [2.24, 2.45) is 5.92 Å². The highest BCUT2D eigenvalue weighted by molar-refractivity contribution is 5.25. The predicted molar refractivity (Wildman–Crippen MR) is 66.4 cm³/mol. The van der Waals surface area contributed by atoms with Crippen molar-refractivity contribution in [2.45, 2.75) is 32.3 Å². The van der Waals surface area contributed by atoms with E-state index < -0.39 is 0 Å².